The molecule has 1 aromatic heterocycles. The molecule has 0 saturated heterocycles. The second-order valence-electron chi connectivity index (χ2n) is 3.04. The molecule has 82 valence electrons. The first-order valence-electron chi connectivity index (χ1n) is 4.23. The van der Waals surface area contributed by atoms with E-state index in [0.29, 0.717) is 21.3 Å². The molecule has 0 aliphatic carbocycles. The van der Waals surface area contributed by atoms with E-state index in [1.807, 2.05) is 0 Å². The molecule has 0 spiro atoms. The topological polar surface area (TPSA) is 63.3 Å². The fourth-order valence-electron chi connectivity index (χ4n) is 1.21. The molecule has 0 fully saturated rings. The van der Waals surface area contributed by atoms with E-state index in [1.165, 1.54) is 6.07 Å². The van der Waals surface area contributed by atoms with Crippen molar-refractivity contribution in [1.82, 2.24) is 5.16 Å². The molecule has 1 N–H and O–H groups in total. The number of hydrogen-bond acceptors (Lipinski definition) is 3. The van der Waals surface area contributed by atoms with Crippen LogP contribution in [0.4, 0.5) is 0 Å². The third-order valence-corrected chi connectivity index (χ3v) is 2.32. The van der Waals surface area contributed by atoms with Gasteiger partial charge in [0.1, 0.15) is 5.69 Å². The van der Waals surface area contributed by atoms with E-state index in [-0.39, 0.29) is 5.76 Å². The van der Waals surface area contributed by atoms with Gasteiger partial charge in [-0.2, -0.15) is 0 Å². The van der Waals surface area contributed by atoms with Crippen molar-refractivity contribution in [3.8, 4) is 11.3 Å². The first kappa shape index (κ1) is 11.0. The Hall–Kier alpha value is -1.52. The Morgan fingerprint density at radius 2 is 1.81 bits per heavy atom. The average molecular weight is 258 g/mol. The molecule has 6 heteroatoms. The molecule has 0 atom stereocenters. The van der Waals surface area contributed by atoms with Crippen LogP contribution in [0, 0.1) is 0 Å². The zero-order valence-electron chi connectivity index (χ0n) is 7.78. The van der Waals surface area contributed by atoms with Crippen molar-refractivity contribution < 1.29 is 14.4 Å². The Labute approximate surface area is 100 Å². The summed E-state index contributed by atoms with van der Waals surface area (Å²) < 4.78 is 4.62. The van der Waals surface area contributed by atoms with Gasteiger partial charge in [0.05, 0.1) is 0 Å². The summed E-state index contributed by atoms with van der Waals surface area (Å²) in [6.07, 6.45) is 0. The molecular weight excluding hydrogens is 253 g/mol. The monoisotopic (exact) mass is 257 g/mol. The summed E-state index contributed by atoms with van der Waals surface area (Å²) in [5.41, 5.74) is 0.982. The van der Waals surface area contributed by atoms with Crippen molar-refractivity contribution in [2.24, 2.45) is 0 Å². The van der Waals surface area contributed by atoms with Gasteiger partial charge in [-0.1, -0.05) is 28.4 Å². The molecule has 0 amide bonds. The van der Waals surface area contributed by atoms with Crippen LogP contribution in [0.15, 0.2) is 28.8 Å². The minimum Gasteiger partial charge on any atom is -0.475 e. The lowest BCUT2D eigenvalue weighted by atomic mass is 10.1. The van der Waals surface area contributed by atoms with Gasteiger partial charge in [0.25, 0.3) is 0 Å². The lowest BCUT2D eigenvalue weighted by Crippen LogP contribution is -1.91. The molecule has 0 bridgehead atoms. The second-order valence-corrected chi connectivity index (χ2v) is 3.91. The number of aromatic nitrogens is 1. The number of hydrogen-bond donors (Lipinski definition) is 1. The summed E-state index contributed by atoms with van der Waals surface area (Å²) in [5.74, 6) is -1.40. The van der Waals surface area contributed by atoms with Crippen LogP contribution >= 0.6 is 23.2 Å². The maximum atomic E-state index is 10.6. The van der Waals surface area contributed by atoms with E-state index in [4.69, 9.17) is 28.3 Å². The number of rotatable bonds is 2. The Kier molecular flexibility index (Phi) is 2.85. The van der Waals surface area contributed by atoms with Crippen LogP contribution in [-0.4, -0.2) is 16.2 Å². The standard InChI is InChI=1S/C10H5Cl2NO3/c11-6-1-5(2-7(12)3-6)8-4-9(10(14)15)16-13-8/h1-4H,(H,14,15). The molecule has 2 rings (SSSR count). The number of halogens is 2. The van der Waals surface area contributed by atoms with Gasteiger partial charge in [-0.3, -0.25) is 0 Å². The largest absolute Gasteiger partial charge is 0.475 e. The quantitative estimate of drug-likeness (QED) is 0.897. The fourth-order valence-corrected chi connectivity index (χ4v) is 1.74. The first-order chi connectivity index (χ1) is 7.56. The van der Waals surface area contributed by atoms with Gasteiger partial charge in [-0.25, -0.2) is 4.79 Å². The van der Waals surface area contributed by atoms with Crippen molar-refractivity contribution in [3.05, 3.63) is 40.1 Å². The average Bonchev–Trinajstić information content (AvgIpc) is 2.64. The van der Waals surface area contributed by atoms with Crippen LogP contribution < -0.4 is 0 Å². The molecule has 0 aliphatic heterocycles. The van der Waals surface area contributed by atoms with Crippen LogP contribution in [0.3, 0.4) is 0 Å². The normalized spacial score (nSPS) is 10.4. The summed E-state index contributed by atoms with van der Waals surface area (Å²) in [4.78, 5) is 10.6. The number of carbonyl (C=O) groups is 1. The van der Waals surface area contributed by atoms with E-state index in [9.17, 15) is 4.79 Å². The fraction of sp³-hybridized carbons (Fsp3) is 0. The summed E-state index contributed by atoms with van der Waals surface area (Å²) in [5, 5.41) is 13.2. The third kappa shape index (κ3) is 2.18. The van der Waals surface area contributed by atoms with Gasteiger partial charge in [0, 0.05) is 21.7 Å². The van der Waals surface area contributed by atoms with Gasteiger partial charge in [-0.15, -0.1) is 0 Å². The maximum absolute atomic E-state index is 10.6. The second kappa shape index (κ2) is 4.15. The molecule has 16 heavy (non-hydrogen) atoms. The summed E-state index contributed by atoms with van der Waals surface area (Å²) >= 11 is 11.6. The number of nitrogens with zero attached hydrogens (tertiary/aromatic N) is 1. The molecule has 0 radical (unpaired) electrons. The van der Waals surface area contributed by atoms with E-state index < -0.39 is 5.97 Å². The van der Waals surface area contributed by atoms with Crippen LogP contribution in [0.2, 0.25) is 10.0 Å². The SMILES string of the molecule is O=C(O)c1cc(-c2cc(Cl)cc(Cl)c2)no1. The number of aromatic carboxylic acids is 1. The Morgan fingerprint density at radius 3 is 2.31 bits per heavy atom. The van der Waals surface area contributed by atoms with Crippen LogP contribution in [-0.2, 0) is 0 Å². The summed E-state index contributed by atoms with van der Waals surface area (Å²) in [6, 6.07) is 6.13. The molecule has 1 aromatic carbocycles. The first-order valence-corrected chi connectivity index (χ1v) is 4.98. The van der Waals surface area contributed by atoms with E-state index >= 15 is 0 Å². The highest BCUT2D eigenvalue weighted by atomic mass is 35.5. The third-order valence-electron chi connectivity index (χ3n) is 1.88. The lowest BCUT2D eigenvalue weighted by molar-refractivity contribution is 0.0652. The molecule has 1 heterocycles. The van der Waals surface area contributed by atoms with Crippen molar-refractivity contribution in [2.75, 3.05) is 0 Å². The smallest absolute Gasteiger partial charge is 0.374 e. The Balaban J connectivity index is 2.46. The van der Waals surface area contributed by atoms with Crippen molar-refractivity contribution >= 4 is 29.2 Å². The van der Waals surface area contributed by atoms with Crippen LogP contribution in [0.5, 0.6) is 0 Å². The predicted molar refractivity (Wildman–Crippen MR) is 58.9 cm³/mol. The summed E-state index contributed by atoms with van der Waals surface area (Å²) in [7, 11) is 0. The predicted octanol–water partition coefficient (Wildman–Crippen LogP) is 3.35. The molecule has 4 nitrogen and oxygen atoms in total. The maximum Gasteiger partial charge on any atom is 0.374 e. The lowest BCUT2D eigenvalue weighted by Gasteiger charge is -1.97. The van der Waals surface area contributed by atoms with Gasteiger partial charge >= 0.3 is 5.97 Å². The van der Waals surface area contributed by atoms with Crippen molar-refractivity contribution in [1.29, 1.82) is 0 Å². The zero-order valence-corrected chi connectivity index (χ0v) is 9.29. The van der Waals surface area contributed by atoms with E-state index in [0.717, 1.165) is 0 Å². The van der Waals surface area contributed by atoms with E-state index in [2.05, 4.69) is 9.68 Å². The highest BCUT2D eigenvalue weighted by Gasteiger charge is 2.12. The Morgan fingerprint density at radius 1 is 1.19 bits per heavy atom. The summed E-state index contributed by atoms with van der Waals surface area (Å²) in [6.45, 7) is 0. The number of benzene rings is 1. The minimum atomic E-state index is -1.17. The van der Waals surface area contributed by atoms with E-state index in [1.54, 1.807) is 18.2 Å². The number of carboxylic acid groups (broad SMARTS) is 1. The Bertz CT molecular complexity index is 530. The highest BCUT2D eigenvalue weighted by Crippen LogP contribution is 2.26. The van der Waals surface area contributed by atoms with Crippen molar-refractivity contribution in [2.45, 2.75) is 0 Å². The van der Waals surface area contributed by atoms with Gasteiger partial charge < -0.3 is 9.63 Å². The highest BCUT2D eigenvalue weighted by molar-refractivity contribution is 6.35. The zero-order chi connectivity index (χ0) is 11.7. The number of carboxylic acids is 1. The molecule has 0 aliphatic rings. The molecular formula is C10H5Cl2NO3. The molecule has 0 saturated carbocycles. The molecule has 2 aromatic rings. The van der Waals surface area contributed by atoms with Crippen LogP contribution in [0.25, 0.3) is 11.3 Å². The van der Waals surface area contributed by atoms with Crippen LogP contribution in [0.1, 0.15) is 10.6 Å². The van der Waals surface area contributed by atoms with Gasteiger partial charge in [0.15, 0.2) is 0 Å². The minimum absolute atomic E-state index is 0.230. The van der Waals surface area contributed by atoms with Gasteiger partial charge in [0.2, 0.25) is 5.76 Å². The molecule has 0 unspecified atom stereocenters. The van der Waals surface area contributed by atoms with Gasteiger partial charge in [-0.05, 0) is 18.2 Å². The van der Waals surface area contributed by atoms with Crippen molar-refractivity contribution in [3.63, 3.8) is 0 Å².